The summed E-state index contributed by atoms with van der Waals surface area (Å²) in [4.78, 5) is 0. The average molecular weight is 353 g/mol. The fourth-order valence-electron chi connectivity index (χ4n) is 1.80. The molecule has 122 valence electrons. The van der Waals surface area contributed by atoms with Crippen molar-refractivity contribution >= 4 is 36.2 Å². The van der Waals surface area contributed by atoms with E-state index in [0.717, 1.165) is 12.0 Å². The van der Waals surface area contributed by atoms with E-state index in [-0.39, 0.29) is 18.4 Å². The van der Waals surface area contributed by atoms with Crippen LogP contribution in [0.3, 0.4) is 0 Å². The van der Waals surface area contributed by atoms with Crippen LogP contribution < -0.4 is 16.2 Å². The minimum atomic E-state index is -0.0942. The Morgan fingerprint density at radius 2 is 1.87 bits per heavy atom. The summed E-state index contributed by atoms with van der Waals surface area (Å²) in [5.41, 5.74) is 12.4. The SMILES string of the molecule is Cl.NC(N)=N/N=C/c1ccc(OCCc2ccccc2)c(Cl)c1. The number of rotatable bonds is 6. The van der Waals surface area contributed by atoms with Crippen molar-refractivity contribution in [3.63, 3.8) is 0 Å². The Kier molecular flexibility index (Phi) is 7.94. The molecule has 0 unspecified atom stereocenters. The summed E-state index contributed by atoms with van der Waals surface area (Å²) in [7, 11) is 0. The molecular formula is C16H18Cl2N4O. The van der Waals surface area contributed by atoms with Crippen molar-refractivity contribution < 1.29 is 4.74 Å². The molecule has 0 heterocycles. The molecule has 0 aliphatic carbocycles. The molecule has 0 spiro atoms. The third kappa shape index (κ3) is 6.59. The van der Waals surface area contributed by atoms with Gasteiger partial charge in [-0.15, -0.1) is 17.5 Å². The van der Waals surface area contributed by atoms with Crippen molar-refractivity contribution in [2.24, 2.45) is 21.7 Å². The smallest absolute Gasteiger partial charge is 0.211 e. The van der Waals surface area contributed by atoms with Gasteiger partial charge in [0.1, 0.15) is 5.75 Å². The molecule has 5 nitrogen and oxygen atoms in total. The van der Waals surface area contributed by atoms with Crippen LogP contribution in [0.4, 0.5) is 0 Å². The number of hydrogen-bond acceptors (Lipinski definition) is 3. The molecular weight excluding hydrogens is 335 g/mol. The molecule has 0 aliphatic heterocycles. The first kappa shape index (κ1) is 18.8. The van der Waals surface area contributed by atoms with E-state index in [2.05, 4.69) is 22.3 Å². The second-order valence-electron chi connectivity index (χ2n) is 4.54. The van der Waals surface area contributed by atoms with Gasteiger partial charge in [0.15, 0.2) is 0 Å². The summed E-state index contributed by atoms with van der Waals surface area (Å²) in [5, 5.41) is 7.77. The third-order valence-corrected chi connectivity index (χ3v) is 3.12. The molecule has 0 saturated heterocycles. The van der Waals surface area contributed by atoms with E-state index in [1.807, 2.05) is 24.3 Å². The lowest BCUT2D eigenvalue weighted by Gasteiger charge is -2.08. The second-order valence-corrected chi connectivity index (χ2v) is 4.95. The molecule has 7 heteroatoms. The van der Waals surface area contributed by atoms with Crippen molar-refractivity contribution in [1.82, 2.24) is 0 Å². The molecule has 2 aromatic carbocycles. The summed E-state index contributed by atoms with van der Waals surface area (Å²) >= 11 is 6.18. The molecule has 0 atom stereocenters. The standard InChI is InChI=1S/C16H17ClN4O.ClH/c17-14-10-13(11-20-21-16(18)19)6-7-15(14)22-9-8-12-4-2-1-3-5-12;/h1-7,10-11H,8-9H2,(H4,18,19,21);1H/b20-11+;. The van der Waals surface area contributed by atoms with Crippen LogP contribution in [0.1, 0.15) is 11.1 Å². The highest BCUT2D eigenvalue weighted by Gasteiger charge is 2.02. The maximum absolute atomic E-state index is 6.18. The van der Waals surface area contributed by atoms with E-state index in [1.165, 1.54) is 11.8 Å². The first-order valence-electron chi connectivity index (χ1n) is 6.73. The highest BCUT2D eigenvalue weighted by molar-refractivity contribution is 6.32. The molecule has 0 saturated carbocycles. The predicted molar refractivity (Wildman–Crippen MR) is 97.7 cm³/mol. The molecule has 0 bridgehead atoms. The number of ether oxygens (including phenoxy) is 1. The Labute approximate surface area is 146 Å². The van der Waals surface area contributed by atoms with Crippen molar-refractivity contribution in [1.29, 1.82) is 0 Å². The average Bonchev–Trinajstić information content (AvgIpc) is 2.50. The van der Waals surface area contributed by atoms with E-state index in [1.54, 1.807) is 12.1 Å². The third-order valence-electron chi connectivity index (χ3n) is 2.83. The fraction of sp³-hybridized carbons (Fsp3) is 0.125. The zero-order chi connectivity index (χ0) is 15.8. The number of benzene rings is 2. The van der Waals surface area contributed by atoms with Gasteiger partial charge in [-0.3, -0.25) is 0 Å². The topological polar surface area (TPSA) is 86.0 Å². The number of hydrogen-bond donors (Lipinski definition) is 2. The van der Waals surface area contributed by atoms with Crippen molar-refractivity contribution in [3.05, 3.63) is 64.7 Å². The van der Waals surface area contributed by atoms with Crippen molar-refractivity contribution in [2.75, 3.05) is 6.61 Å². The van der Waals surface area contributed by atoms with E-state index in [9.17, 15) is 0 Å². The van der Waals surface area contributed by atoms with Crippen LogP contribution in [0.15, 0.2) is 58.7 Å². The summed E-state index contributed by atoms with van der Waals surface area (Å²) in [6, 6.07) is 15.5. The molecule has 23 heavy (non-hydrogen) atoms. The predicted octanol–water partition coefficient (Wildman–Crippen LogP) is 2.99. The van der Waals surface area contributed by atoms with Gasteiger partial charge in [0, 0.05) is 6.42 Å². The normalized spacial score (nSPS) is 10.1. The van der Waals surface area contributed by atoms with Crippen LogP contribution in [0.2, 0.25) is 5.02 Å². The van der Waals surface area contributed by atoms with Gasteiger partial charge < -0.3 is 16.2 Å². The largest absolute Gasteiger partial charge is 0.492 e. The van der Waals surface area contributed by atoms with Gasteiger partial charge in [-0.05, 0) is 29.3 Å². The highest BCUT2D eigenvalue weighted by atomic mass is 35.5. The molecule has 0 fully saturated rings. The zero-order valence-corrected chi connectivity index (χ0v) is 13.9. The summed E-state index contributed by atoms with van der Waals surface area (Å²) < 4.78 is 5.69. The molecule has 0 radical (unpaired) electrons. The number of nitrogens with zero attached hydrogens (tertiary/aromatic N) is 2. The minimum absolute atomic E-state index is 0. The molecule has 0 aromatic heterocycles. The Bertz CT molecular complexity index is 671. The Balaban J connectivity index is 0.00000264. The first-order valence-corrected chi connectivity index (χ1v) is 7.11. The lowest BCUT2D eigenvalue weighted by Crippen LogP contribution is -2.21. The lowest BCUT2D eigenvalue weighted by molar-refractivity contribution is 0.322. The van der Waals surface area contributed by atoms with Gasteiger partial charge in [-0.25, -0.2) is 0 Å². The van der Waals surface area contributed by atoms with Crippen LogP contribution in [-0.4, -0.2) is 18.8 Å². The highest BCUT2D eigenvalue weighted by Crippen LogP contribution is 2.25. The summed E-state index contributed by atoms with van der Waals surface area (Å²) in [5.74, 6) is 0.541. The number of halogens is 2. The number of nitrogens with two attached hydrogens (primary N) is 2. The molecule has 2 rings (SSSR count). The lowest BCUT2D eigenvalue weighted by atomic mass is 10.2. The minimum Gasteiger partial charge on any atom is -0.492 e. The van der Waals surface area contributed by atoms with Gasteiger partial charge in [0.2, 0.25) is 5.96 Å². The van der Waals surface area contributed by atoms with E-state index in [4.69, 9.17) is 27.8 Å². The maximum Gasteiger partial charge on any atom is 0.211 e. The van der Waals surface area contributed by atoms with E-state index in [0.29, 0.717) is 17.4 Å². The zero-order valence-electron chi connectivity index (χ0n) is 12.4. The van der Waals surface area contributed by atoms with Crippen LogP contribution >= 0.6 is 24.0 Å². The summed E-state index contributed by atoms with van der Waals surface area (Å²) in [6.07, 6.45) is 2.34. The number of guanidine groups is 1. The Morgan fingerprint density at radius 1 is 1.13 bits per heavy atom. The monoisotopic (exact) mass is 352 g/mol. The van der Waals surface area contributed by atoms with Gasteiger partial charge in [-0.2, -0.15) is 5.10 Å². The fourth-order valence-corrected chi connectivity index (χ4v) is 2.04. The Morgan fingerprint density at radius 3 is 2.52 bits per heavy atom. The van der Waals surface area contributed by atoms with E-state index < -0.39 is 0 Å². The van der Waals surface area contributed by atoms with Gasteiger partial charge in [0.05, 0.1) is 17.8 Å². The maximum atomic E-state index is 6.18. The molecule has 0 amide bonds. The van der Waals surface area contributed by atoms with Crippen LogP contribution in [0.5, 0.6) is 5.75 Å². The van der Waals surface area contributed by atoms with Crippen LogP contribution in [-0.2, 0) is 6.42 Å². The molecule has 2 aromatic rings. The van der Waals surface area contributed by atoms with E-state index >= 15 is 0 Å². The quantitative estimate of drug-likeness (QED) is 0.476. The van der Waals surface area contributed by atoms with Gasteiger partial charge in [-0.1, -0.05) is 41.9 Å². The van der Waals surface area contributed by atoms with Crippen molar-refractivity contribution in [2.45, 2.75) is 6.42 Å². The second kappa shape index (κ2) is 9.71. The first-order chi connectivity index (χ1) is 10.6. The summed E-state index contributed by atoms with van der Waals surface area (Å²) in [6.45, 7) is 0.561. The van der Waals surface area contributed by atoms with Crippen LogP contribution in [0, 0.1) is 0 Å². The molecule has 4 N–H and O–H groups in total. The van der Waals surface area contributed by atoms with Gasteiger partial charge >= 0.3 is 0 Å². The van der Waals surface area contributed by atoms with Crippen molar-refractivity contribution in [3.8, 4) is 5.75 Å². The van der Waals surface area contributed by atoms with Crippen LogP contribution in [0.25, 0.3) is 0 Å². The van der Waals surface area contributed by atoms with Gasteiger partial charge in [0.25, 0.3) is 0 Å². The Hall–Kier alpha value is -2.24. The molecule has 0 aliphatic rings.